The van der Waals surface area contributed by atoms with E-state index in [0.29, 0.717) is 22.4 Å². The van der Waals surface area contributed by atoms with Gasteiger partial charge in [-0.15, -0.1) is 0 Å². The minimum absolute atomic E-state index is 0.117. The molecule has 0 heterocycles. The van der Waals surface area contributed by atoms with Gasteiger partial charge in [0.25, 0.3) is 5.91 Å². The molecular formula is C22H19BrFNO3. The lowest BCUT2D eigenvalue weighted by Crippen LogP contribution is -2.13. The number of nitrogens with one attached hydrogen (secondary N) is 1. The maximum Gasteiger partial charge on any atom is 0.255 e. The van der Waals surface area contributed by atoms with Gasteiger partial charge in [0.2, 0.25) is 0 Å². The van der Waals surface area contributed by atoms with Gasteiger partial charge in [-0.3, -0.25) is 4.79 Å². The Labute approximate surface area is 171 Å². The quantitative estimate of drug-likeness (QED) is 0.519. The van der Waals surface area contributed by atoms with Gasteiger partial charge in [-0.2, -0.15) is 0 Å². The number of rotatable bonds is 7. The number of methoxy groups -OCH3 is 1. The van der Waals surface area contributed by atoms with Crippen LogP contribution in [0.2, 0.25) is 0 Å². The van der Waals surface area contributed by atoms with E-state index in [4.69, 9.17) is 9.47 Å². The van der Waals surface area contributed by atoms with Crippen molar-refractivity contribution in [3.8, 4) is 5.75 Å². The highest BCUT2D eigenvalue weighted by Gasteiger charge is 2.13. The fourth-order valence-corrected chi connectivity index (χ4v) is 3.00. The van der Waals surface area contributed by atoms with Gasteiger partial charge in [0, 0.05) is 15.6 Å². The fraction of sp³-hybridized carbons (Fsp3) is 0.136. The molecule has 3 aromatic carbocycles. The fourth-order valence-electron chi connectivity index (χ4n) is 2.67. The monoisotopic (exact) mass is 443 g/mol. The van der Waals surface area contributed by atoms with E-state index in [2.05, 4.69) is 21.2 Å². The Bertz CT molecular complexity index is 963. The molecule has 0 aliphatic carbocycles. The molecule has 0 bridgehead atoms. The summed E-state index contributed by atoms with van der Waals surface area (Å²) in [6.07, 6.45) is 0. The molecule has 0 atom stereocenters. The molecule has 0 saturated carbocycles. The first-order valence-electron chi connectivity index (χ1n) is 8.62. The predicted molar refractivity (Wildman–Crippen MR) is 110 cm³/mol. The van der Waals surface area contributed by atoms with Crippen molar-refractivity contribution < 1.29 is 18.7 Å². The molecule has 6 heteroatoms. The normalized spacial score (nSPS) is 10.5. The topological polar surface area (TPSA) is 47.6 Å². The second-order valence-corrected chi connectivity index (χ2v) is 7.00. The largest absolute Gasteiger partial charge is 0.496 e. The van der Waals surface area contributed by atoms with Crippen LogP contribution in [0.3, 0.4) is 0 Å². The number of hydrogen-bond donors (Lipinski definition) is 1. The standard InChI is InChI=1S/C22H19BrFNO3/c1-27-21-10-7-16(22(26)25-20-9-8-18(23)12-19(20)24)11-17(21)14-28-13-15-5-3-2-4-6-15/h2-12H,13-14H2,1H3,(H,25,26). The third kappa shape index (κ3) is 5.18. The highest BCUT2D eigenvalue weighted by molar-refractivity contribution is 9.10. The SMILES string of the molecule is COc1ccc(C(=O)Nc2ccc(Br)cc2F)cc1COCc1ccccc1. The number of amides is 1. The van der Waals surface area contributed by atoms with Crippen molar-refractivity contribution in [2.45, 2.75) is 13.2 Å². The Hall–Kier alpha value is -2.70. The molecule has 1 N–H and O–H groups in total. The maximum atomic E-state index is 14.0. The molecule has 144 valence electrons. The van der Waals surface area contributed by atoms with E-state index in [1.165, 1.54) is 12.1 Å². The summed E-state index contributed by atoms with van der Waals surface area (Å²) in [4.78, 5) is 12.5. The summed E-state index contributed by atoms with van der Waals surface area (Å²) in [6, 6.07) is 19.3. The second kappa shape index (κ2) is 9.48. The molecule has 28 heavy (non-hydrogen) atoms. The summed E-state index contributed by atoms with van der Waals surface area (Å²) < 4.78 is 25.7. The first kappa shape index (κ1) is 20.0. The highest BCUT2D eigenvalue weighted by Crippen LogP contribution is 2.23. The van der Waals surface area contributed by atoms with Crippen molar-refractivity contribution in [3.63, 3.8) is 0 Å². The Morgan fingerprint density at radius 1 is 1.04 bits per heavy atom. The van der Waals surface area contributed by atoms with Crippen LogP contribution in [-0.4, -0.2) is 13.0 Å². The van der Waals surface area contributed by atoms with Crippen molar-refractivity contribution in [1.29, 1.82) is 0 Å². The van der Waals surface area contributed by atoms with E-state index in [9.17, 15) is 9.18 Å². The average molecular weight is 444 g/mol. The zero-order valence-corrected chi connectivity index (χ0v) is 16.8. The summed E-state index contributed by atoms with van der Waals surface area (Å²) in [5.41, 5.74) is 2.30. The van der Waals surface area contributed by atoms with Crippen molar-refractivity contribution in [3.05, 3.63) is 93.7 Å². The van der Waals surface area contributed by atoms with E-state index in [1.807, 2.05) is 30.3 Å². The van der Waals surface area contributed by atoms with E-state index in [1.54, 1.807) is 31.4 Å². The van der Waals surface area contributed by atoms with Crippen molar-refractivity contribution in [2.24, 2.45) is 0 Å². The number of halogens is 2. The molecule has 0 aliphatic heterocycles. The smallest absolute Gasteiger partial charge is 0.255 e. The number of hydrogen-bond acceptors (Lipinski definition) is 3. The van der Waals surface area contributed by atoms with Crippen molar-refractivity contribution in [1.82, 2.24) is 0 Å². The lowest BCUT2D eigenvalue weighted by atomic mass is 10.1. The van der Waals surface area contributed by atoms with Crippen LogP contribution < -0.4 is 10.1 Å². The van der Waals surface area contributed by atoms with E-state index >= 15 is 0 Å². The lowest BCUT2D eigenvalue weighted by molar-refractivity contribution is 0.101. The van der Waals surface area contributed by atoms with Gasteiger partial charge < -0.3 is 14.8 Å². The van der Waals surface area contributed by atoms with Crippen LogP contribution in [-0.2, 0) is 18.0 Å². The van der Waals surface area contributed by atoms with Crippen LogP contribution in [0, 0.1) is 5.82 Å². The van der Waals surface area contributed by atoms with Gasteiger partial charge in [0.1, 0.15) is 11.6 Å². The van der Waals surface area contributed by atoms with Gasteiger partial charge in [0.15, 0.2) is 0 Å². The number of anilines is 1. The molecule has 0 fully saturated rings. The first-order valence-corrected chi connectivity index (χ1v) is 9.41. The molecule has 0 saturated heterocycles. The Morgan fingerprint density at radius 2 is 1.82 bits per heavy atom. The van der Waals surface area contributed by atoms with Crippen LogP contribution in [0.4, 0.5) is 10.1 Å². The molecule has 0 spiro atoms. The summed E-state index contributed by atoms with van der Waals surface area (Å²) in [5, 5.41) is 2.58. The third-order valence-electron chi connectivity index (χ3n) is 4.09. The van der Waals surface area contributed by atoms with Crippen LogP contribution in [0.15, 0.2) is 71.2 Å². The molecule has 0 unspecified atom stereocenters. The summed E-state index contributed by atoms with van der Waals surface area (Å²) in [5.74, 6) is -0.296. The minimum Gasteiger partial charge on any atom is -0.496 e. The Morgan fingerprint density at radius 3 is 2.54 bits per heavy atom. The van der Waals surface area contributed by atoms with Crippen LogP contribution >= 0.6 is 15.9 Å². The molecule has 3 aromatic rings. The molecule has 0 aliphatic rings. The van der Waals surface area contributed by atoms with Gasteiger partial charge >= 0.3 is 0 Å². The van der Waals surface area contributed by atoms with Crippen molar-refractivity contribution in [2.75, 3.05) is 12.4 Å². The van der Waals surface area contributed by atoms with E-state index in [-0.39, 0.29) is 12.3 Å². The molecule has 0 aromatic heterocycles. The minimum atomic E-state index is -0.511. The molecule has 1 amide bonds. The zero-order chi connectivity index (χ0) is 19.9. The van der Waals surface area contributed by atoms with Crippen LogP contribution in [0.1, 0.15) is 21.5 Å². The van der Waals surface area contributed by atoms with E-state index in [0.717, 1.165) is 11.1 Å². The van der Waals surface area contributed by atoms with Gasteiger partial charge in [-0.25, -0.2) is 4.39 Å². The zero-order valence-electron chi connectivity index (χ0n) is 15.2. The summed E-state index contributed by atoms with van der Waals surface area (Å²) in [7, 11) is 1.56. The lowest BCUT2D eigenvalue weighted by Gasteiger charge is -2.12. The molecular weight excluding hydrogens is 425 g/mol. The van der Waals surface area contributed by atoms with E-state index < -0.39 is 11.7 Å². The summed E-state index contributed by atoms with van der Waals surface area (Å²) in [6.45, 7) is 0.732. The van der Waals surface area contributed by atoms with Crippen LogP contribution in [0.5, 0.6) is 5.75 Å². The number of carbonyl (C=O) groups is 1. The number of benzene rings is 3. The Balaban J connectivity index is 1.71. The van der Waals surface area contributed by atoms with Gasteiger partial charge in [-0.05, 0) is 42.0 Å². The third-order valence-corrected chi connectivity index (χ3v) is 4.58. The molecule has 4 nitrogen and oxygen atoms in total. The van der Waals surface area contributed by atoms with Crippen molar-refractivity contribution >= 4 is 27.5 Å². The maximum absolute atomic E-state index is 14.0. The number of ether oxygens (including phenoxy) is 2. The Kier molecular flexibility index (Phi) is 6.79. The first-order chi connectivity index (χ1) is 13.6. The number of carbonyl (C=O) groups excluding carboxylic acids is 1. The van der Waals surface area contributed by atoms with Crippen LogP contribution in [0.25, 0.3) is 0 Å². The van der Waals surface area contributed by atoms with Gasteiger partial charge in [-0.1, -0.05) is 46.3 Å². The predicted octanol–water partition coefficient (Wildman–Crippen LogP) is 5.57. The average Bonchev–Trinajstić information content (AvgIpc) is 2.70. The summed E-state index contributed by atoms with van der Waals surface area (Å²) >= 11 is 3.19. The van der Waals surface area contributed by atoms with Gasteiger partial charge in [0.05, 0.1) is 26.0 Å². The molecule has 0 radical (unpaired) electrons. The highest BCUT2D eigenvalue weighted by atomic mass is 79.9. The molecule has 3 rings (SSSR count). The second-order valence-electron chi connectivity index (χ2n) is 6.08.